The molecule has 0 spiro atoms. The van der Waals surface area contributed by atoms with Crippen LogP contribution in [0.1, 0.15) is 24.5 Å². The Morgan fingerprint density at radius 1 is 1.48 bits per heavy atom. The number of hydrogen-bond donors (Lipinski definition) is 1. The number of benzene rings is 1. The maximum Gasteiger partial charge on any atom is 0.240 e. The Bertz CT molecular complexity index is 503. The van der Waals surface area contributed by atoms with Gasteiger partial charge in [-0.25, -0.2) is 0 Å². The molecule has 21 heavy (non-hydrogen) atoms. The molecule has 1 aliphatic rings. The molecule has 0 aliphatic carbocycles. The van der Waals surface area contributed by atoms with Crippen molar-refractivity contribution in [3.8, 4) is 6.07 Å². The molecule has 1 unspecified atom stereocenters. The summed E-state index contributed by atoms with van der Waals surface area (Å²) in [6, 6.07) is 9.52. The van der Waals surface area contributed by atoms with Crippen molar-refractivity contribution in [2.24, 2.45) is 0 Å². The number of rotatable bonds is 5. The van der Waals surface area contributed by atoms with Gasteiger partial charge in [0.25, 0.3) is 0 Å². The van der Waals surface area contributed by atoms with Crippen LogP contribution < -0.4 is 5.32 Å². The fourth-order valence-corrected chi connectivity index (χ4v) is 3.31. The van der Waals surface area contributed by atoms with Gasteiger partial charge in [0.1, 0.15) is 0 Å². The largest absolute Gasteiger partial charge is 0.337 e. The van der Waals surface area contributed by atoms with Crippen molar-refractivity contribution in [3.63, 3.8) is 0 Å². The summed E-state index contributed by atoms with van der Waals surface area (Å²) in [7, 11) is 0. The lowest BCUT2D eigenvalue weighted by Crippen LogP contribution is -2.50. The fourth-order valence-electron chi connectivity index (χ4n) is 2.39. The number of hydrogen-bond acceptors (Lipinski definition) is 4. The van der Waals surface area contributed by atoms with Gasteiger partial charge in [0, 0.05) is 31.1 Å². The van der Waals surface area contributed by atoms with Crippen molar-refractivity contribution in [2.75, 3.05) is 24.6 Å². The van der Waals surface area contributed by atoms with Crippen LogP contribution in [0.3, 0.4) is 0 Å². The lowest BCUT2D eigenvalue weighted by atomic mass is 10.1. The second-order valence-electron chi connectivity index (χ2n) is 5.15. The second kappa shape index (κ2) is 8.06. The second-order valence-corrected chi connectivity index (χ2v) is 6.30. The molecule has 0 saturated carbocycles. The monoisotopic (exact) mass is 303 g/mol. The number of nitrogens with one attached hydrogen (secondary N) is 1. The molecule has 1 aromatic rings. The highest BCUT2D eigenvalue weighted by Crippen LogP contribution is 2.13. The molecule has 0 bridgehead atoms. The molecule has 1 N–H and O–H groups in total. The van der Waals surface area contributed by atoms with Crippen molar-refractivity contribution in [1.82, 2.24) is 10.2 Å². The molecule has 1 aromatic carbocycles. The molecule has 1 fully saturated rings. The quantitative estimate of drug-likeness (QED) is 0.904. The Labute approximate surface area is 130 Å². The van der Waals surface area contributed by atoms with E-state index in [0.717, 1.165) is 36.6 Å². The molecule has 1 aliphatic heterocycles. The molecule has 0 aromatic heterocycles. The molecule has 1 amide bonds. The Balaban J connectivity index is 2.03. The van der Waals surface area contributed by atoms with Crippen LogP contribution in [0.15, 0.2) is 24.3 Å². The van der Waals surface area contributed by atoms with E-state index in [1.54, 1.807) is 12.1 Å². The molecule has 2 rings (SSSR count). The maximum atomic E-state index is 12.6. The van der Waals surface area contributed by atoms with Crippen LogP contribution in [-0.4, -0.2) is 41.4 Å². The first-order chi connectivity index (χ1) is 10.2. The minimum Gasteiger partial charge on any atom is -0.337 e. The standard InChI is InChI=1S/C16H21N3OS/c1-2-8-19(16(20)15-12-21-9-7-18-15)11-14-5-3-13(10-17)4-6-14/h3-6,15,18H,2,7-9,11-12H2,1H3. The van der Waals surface area contributed by atoms with Crippen molar-refractivity contribution < 1.29 is 4.79 Å². The van der Waals surface area contributed by atoms with Crippen molar-refractivity contribution in [3.05, 3.63) is 35.4 Å². The van der Waals surface area contributed by atoms with Gasteiger partial charge in [-0.15, -0.1) is 0 Å². The zero-order valence-corrected chi connectivity index (χ0v) is 13.2. The van der Waals surface area contributed by atoms with Crippen molar-refractivity contribution in [2.45, 2.75) is 25.9 Å². The molecule has 1 atom stereocenters. The van der Waals surface area contributed by atoms with Crippen LogP contribution in [0.5, 0.6) is 0 Å². The Morgan fingerprint density at radius 3 is 2.81 bits per heavy atom. The zero-order valence-electron chi connectivity index (χ0n) is 12.3. The van der Waals surface area contributed by atoms with E-state index in [4.69, 9.17) is 5.26 Å². The van der Waals surface area contributed by atoms with E-state index < -0.39 is 0 Å². The van der Waals surface area contributed by atoms with Gasteiger partial charge in [0.05, 0.1) is 17.7 Å². The molecular weight excluding hydrogens is 282 g/mol. The van der Waals surface area contributed by atoms with Gasteiger partial charge in [-0.05, 0) is 24.1 Å². The Morgan fingerprint density at radius 2 is 2.24 bits per heavy atom. The van der Waals surface area contributed by atoms with Crippen LogP contribution in [0.2, 0.25) is 0 Å². The highest BCUT2D eigenvalue weighted by molar-refractivity contribution is 7.99. The molecule has 1 saturated heterocycles. The first-order valence-corrected chi connectivity index (χ1v) is 8.49. The molecular formula is C16H21N3OS. The molecule has 0 radical (unpaired) electrons. The predicted octanol–water partition coefficient (Wildman–Crippen LogP) is 2.00. The lowest BCUT2D eigenvalue weighted by Gasteiger charge is -2.29. The van der Waals surface area contributed by atoms with E-state index in [2.05, 4.69) is 18.3 Å². The normalized spacial score (nSPS) is 18.0. The van der Waals surface area contributed by atoms with E-state index in [-0.39, 0.29) is 11.9 Å². The summed E-state index contributed by atoms with van der Waals surface area (Å²) in [6.45, 7) is 4.36. The SMILES string of the molecule is CCCN(Cc1ccc(C#N)cc1)C(=O)C1CSCCN1. The number of nitrogens with zero attached hydrogens (tertiary/aromatic N) is 2. The van der Waals surface area contributed by atoms with Crippen LogP contribution >= 0.6 is 11.8 Å². The van der Waals surface area contributed by atoms with Gasteiger partial charge >= 0.3 is 0 Å². The van der Waals surface area contributed by atoms with Crippen LogP contribution in [0, 0.1) is 11.3 Å². The third kappa shape index (κ3) is 4.48. The minimum absolute atomic E-state index is 0.0614. The van der Waals surface area contributed by atoms with Crippen LogP contribution in [0.25, 0.3) is 0 Å². The Kier molecular flexibility index (Phi) is 6.09. The maximum absolute atomic E-state index is 12.6. The molecule has 112 valence electrons. The average Bonchev–Trinajstić information content (AvgIpc) is 2.55. The van der Waals surface area contributed by atoms with E-state index in [0.29, 0.717) is 12.1 Å². The zero-order chi connectivity index (χ0) is 15.1. The summed E-state index contributed by atoms with van der Waals surface area (Å²) >= 11 is 1.83. The van der Waals surface area contributed by atoms with E-state index in [9.17, 15) is 4.79 Å². The lowest BCUT2D eigenvalue weighted by molar-refractivity contribution is -0.133. The number of amides is 1. The minimum atomic E-state index is -0.0614. The number of nitriles is 1. The summed E-state index contributed by atoms with van der Waals surface area (Å²) in [5.74, 6) is 2.12. The molecule has 4 nitrogen and oxygen atoms in total. The highest BCUT2D eigenvalue weighted by Gasteiger charge is 2.25. The highest BCUT2D eigenvalue weighted by atomic mass is 32.2. The van der Waals surface area contributed by atoms with Gasteiger partial charge in [-0.3, -0.25) is 4.79 Å². The molecule has 5 heteroatoms. The van der Waals surface area contributed by atoms with Gasteiger partial charge < -0.3 is 10.2 Å². The van der Waals surface area contributed by atoms with Crippen LogP contribution in [0.4, 0.5) is 0 Å². The topological polar surface area (TPSA) is 56.1 Å². The van der Waals surface area contributed by atoms with E-state index in [1.807, 2.05) is 28.8 Å². The summed E-state index contributed by atoms with van der Waals surface area (Å²) in [5, 5.41) is 12.1. The average molecular weight is 303 g/mol. The molecule has 1 heterocycles. The first kappa shape index (κ1) is 15.9. The van der Waals surface area contributed by atoms with Gasteiger partial charge in [-0.2, -0.15) is 17.0 Å². The fraction of sp³-hybridized carbons (Fsp3) is 0.500. The van der Waals surface area contributed by atoms with Crippen LogP contribution in [-0.2, 0) is 11.3 Å². The summed E-state index contributed by atoms with van der Waals surface area (Å²) in [6.07, 6.45) is 0.946. The summed E-state index contributed by atoms with van der Waals surface area (Å²) in [5.41, 5.74) is 1.72. The van der Waals surface area contributed by atoms with E-state index in [1.165, 1.54) is 0 Å². The number of carbonyl (C=O) groups is 1. The number of thioether (sulfide) groups is 1. The summed E-state index contributed by atoms with van der Waals surface area (Å²) in [4.78, 5) is 14.5. The Hall–Kier alpha value is -1.51. The first-order valence-electron chi connectivity index (χ1n) is 7.33. The third-order valence-corrected chi connectivity index (χ3v) is 4.54. The van der Waals surface area contributed by atoms with Crippen molar-refractivity contribution >= 4 is 17.7 Å². The smallest absolute Gasteiger partial charge is 0.240 e. The summed E-state index contributed by atoms with van der Waals surface area (Å²) < 4.78 is 0. The van der Waals surface area contributed by atoms with E-state index >= 15 is 0 Å². The van der Waals surface area contributed by atoms with Gasteiger partial charge in [-0.1, -0.05) is 19.1 Å². The van der Waals surface area contributed by atoms with Gasteiger partial charge in [0.15, 0.2) is 0 Å². The van der Waals surface area contributed by atoms with Gasteiger partial charge in [0.2, 0.25) is 5.91 Å². The third-order valence-electron chi connectivity index (χ3n) is 3.48. The van der Waals surface area contributed by atoms with Crippen molar-refractivity contribution in [1.29, 1.82) is 5.26 Å². The predicted molar refractivity (Wildman–Crippen MR) is 86.0 cm³/mol. The number of carbonyl (C=O) groups excluding carboxylic acids is 1.